The van der Waals surface area contributed by atoms with Gasteiger partial charge in [0.25, 0.3) is 0 Å². The molecule has 1 aromatic rings. The summed E-state index contributed by atoms with van der Waals surface area (Å²) in [4.78, 5) is 0. The van der Waals surface area contributed by atoms with Crippen LogP contribution in [0.2, 0.25) is 0 Å². The highest BCUT2D eigenvalue weighted by Crippen LogP contribution is 2.22. The maximum Gasteiger partial charge on any atom is 0.122 e. The van der Waals surface area contributed by atoms with Crippen molar-refractivity contribution < 1.29 is 9.84 Å². The summed E-state index contributed by atoms with van der Waals surface area (Å²) in [5.41, 5.74) is 2.31. The van der Waals surface area contributed by atoms with Crippen molar-refractivity contribution in [3.63, 3.8) is 0 Å². The quantitative estimate of drug-likeness (QED) is 0.835. The van der Waals surface area contributed by atoms with Gasteiger partial charge in [0, 0.05) is 11.8 Å². The summed E-state index contributed by atoms with van der Waals surface area (Å²) in [7, 11) is 1.67. The minimum Gasteiger partial charge on any atom is -0.496 e. The number of aryl methyl sites for hydroxylation is 1. The Morgan fingerprint density at radius 1 is 1.47 bits per heavy atom. The van der Waals surface area contributed by atoms with Crippen molar-refractivity contribution in [3.05, 3.63) is 29.3 Å². The van der Waals surface area contributed by atoms with Gasteiger partial charge in [-0.25, -0.2) is 0 Å². The first-order valence-corrected chi connectivity index (χ1v) is 6.23. The lowest BCUT2D eigenvalue weighted by molar-refractivity contribution is 0.200. The van der Waals surface area contributed by atoms with Crippen LogP contribution in [0, 0.1) is 0 Å². The van der Waals surface area contributed by atoms with Crippen LogP contribution in [0.4, 0.5) is 0 Å². The third-order valence-electron chi connectivity index (χ3n) is 2.39. The maximum atomic E-state index is 9.56. The minimum atomic E-state index is -0.355. The Hall–Kier alpha value is -0.540. The smallest absolute Gasteiger partial charge is 0.122 e. The second kappa shape index (κ2) is 6.13. The van der Waals surface area contributed by atoms with E-state index in [4.69, 9.17) is 4.74 Å². The fraction of sp³-hybridized carbons (Fsp3) is 0.500. The highest BCUT2D eigenvalue weighted by molar-refractivity contribution is 9.09. The topological polar surface area (TPSA) is 29.5 Å². The fourth-order valence-electron chi connectivity index (χ4n) is 1.49. The number of aliphatic hydroxyl groups excluding tert-OH is 1. The molecule has 0 saturated heterocycles. The van der Waals surface area contributed by atoms with Crippen LogP contribution >= 0.6 is 15.9 Å². The van der Waals surface area contributed by atoms with Gasteiger partial charge in [-0.1, -0.05) is 35.0 Å². The molecule has 0 aromatic heterocycles. The van der Waals surface area contributed by atoms with Crippen molar-refractivity contribution in [2.45, 2.75) is 25.9 Å². The molecule has 84 valence electrons. The van der Waals surface area contributed by atoms with E-state index in [-0.39, 0.29) is 6.10 Å². The van der Waals surface area contributed by atoms with Crippen molar-refractivity contribution in [2.75, 3.05) is 12.4 Å². The zero-order valence-electron chi connectivity index (χ0n) is 9.16. The Morgan fingerprint density at radius 3 is 2.73 bits per heavy atom. The number of methoxy groups -OCH3 is 1. The first-order chi connectivity index (χ1) is 7.21. The highest BCUT2D eigenvalue weighted by Gasteiger charge is 2.09. The van der Waals surface area contributed by atoms with Crippen LogP contribution in [-0.4, -0.2) is 23.7 Å². The molecule has 2 nitrogen and oxygen atoms in total. The summed E-state index contributed by atoms with van der Waals surface area (Å²) in [5.74, 6) is 0.870. The van der Waals surface area contributed by atoms with Gasteiger partial charge in [-0.2, -0.15) is 0 Å². The van der Waals surface area contributed by atoms with E-state index in [1.54, 1.807) is 7.11 Å². The second-order valence-electron chi connectivity index (χ2n) is 3.51. The molecule has 0 saturated carbocycles. The van der Waals surface area contributed by atoms with Crippen LogP contribution in [0.1, 0.15) is 18.1 Å². The summed E-state index contributed by atoms with van der Waals surface area (Å²) in [6, 6.07) is 6.15. The molecule has 0 aliphatic rings. The third-order valence-corrected chi connectivity index (χ3v) is 3.14. The molecule has 1 atom stereocenters. The molecule has 15 heavy (non-hydrogen) atoms. The van der Waals surface area contributed by atoms with Gasteiger partial charge >= 0.3 is 0 Å². The lowest BCUT2D eigenvalue weighted by atomic mass is 10.0. The Morgan fingerprint density at radius 2 is 2.20 bits per heavy atom. The Balaban J connectivity index is 2.87. The fourth-order valence-corrected chi connectivity index (χ4v) is 1.71. The highest BCUT2D eigenvalue weighted by atomic mass is 79.9. The molecule has 1 rings (SSSR count). The molecule has 1 aromatic carbocycles. The third kappa shape index (κ3) is 3.50. The van der Waals surface area contributed by atoms with Gasteiger partial charge in [0.05, 0.1) is 13.2 Å². The van der Waals surface area contributed by atoms with Crippen LogP contribution in [-0.2, 0) is 12.8 Å². The van der Waals surface area contributed by atoms with Crippen molar-refractivity contribution in [1.29, 1.82) is 0 Å². The summed E-state index contributed by atoms with van der Waals surface area (Å²) in [5, 5.41) is 10.1. The molecular weight excluding hydrogens is 256 g/mol. The normalized spacial score (nSPS) is 12.5. The molecule has 1 N–H and O–H groups in total. The van der Waals surface area contributed by atoms with Crippen LogP contribution < -0.4 is 4.74 Å². The molecule has 3 heteroatoms. The molecular formula is C12H17BrO2. The molecule has 0 heterocycles. The van der Waals surface area contributed by atoms with E-state index in [1.807, 2.05) is 12.1 Å². The predicted molar refractivity (Wildman–Crippen MR) is 65.9 cm³/mol. The van der Waals surface area contributed by atoms with Crippen molar-refractivity contribution >= 4 is 15.9 Å². The predicted octanol–water partition coefficient (Wildman–Crippen LogP) is 2.56. The summed E-state index contributed by atoms with van der Waals surface area (Å²) in [6.45, 7) is 2.11. The average Bonchev–Trinajstić information content (AvgIpc) is 2.29. The number of hydrogen-bond donors (Lipinski definition) is 1. The molecule has 0 fully saturated rings. The SMILES string of the molecule is CCc1ccc(C[C@@H](O)CBr)c(OC)c1. The number of rotatable bonds is 5. The van der Waals surface area contributed by atoms with Crippen molar-refractivity contribution in [3.8, 4) is 5.75 Å². The summed E-state index contributed by atoms with van der Waals surface area (Å²) >= 11 is 3.26. The largest absolute Gasteiger partial charge is 0.496 e. The number of alkyl halides is 1. The van der Waals surface area contributed by atoms with Gasteiger partial charge in [0.1, 0.15) is 5.75 Å². The molecule has 0 spiro atoms. The van der Waals surface area contributed by atoms with Gasteiger partial charge in [-0.15, -0.1) is 0 Å². The Bertz CT molecular complexity index is 312. The monoisotopic (exact) mass is 272 g/mol. The van der Waals surface area contributed by atoms with Gasteiger partial charge < -0.3 is 9.84 Å². The molecule has 0 bridgehead atoms. The maximum absolute atomic E-state index is 9.56. The van der Waals surface area contributed by atoms with E-state index in [2.05, 4.69) is 28.9 Å². The van der Waals surface area contributed by atoms with Crippen LogP contribution in [0.3, 0.4) is 0 Å². The van der Waals surface area contributed by atoms with Gasteiger partial charge in [-0.3, -0.25) is 0 Å². The lowest BCUT2D eigenvalue weighted by Crippen LogP contribution is -2.12. The first kappa shape index (κ1) is 12.5. The first-order valence-electron chi connectivity index (χ1n) is 5.11. The molecule has 0 unspecified atom stereocenters. The van der Waals surface area contributed by atoms with Gasteiger partial charge in [0.2, 0.25) is 0 Å². The van der Waals surface area contributed by atoms with Crippen LogP contribution in [0.5, 0.6) is 5.75 Å². The summed E-state index contributed by atoms with van der Waals surface area (Å²) in [6.07, 6.45) is 1.27. The van der Waals surface area contributed by atoms with Gasteiger partial charge in [-0.05, 0) is 23.6 Å². The zero-order chi connectivity index (χ0) is 11.3. The number of halogens is 1. The number of benzene rings is 1. The molecule has 0 aliphatic heterocycles. The van der Waals surface area contributed by atoms with E-state index in [0.29, 0.717) is 11.8 Å². The molecule has 0 aliphatic carbocycles. The lowest BCUT2D eigenvalue weighted by Gasteiger charge is -2.12. The van der Waals surface area contributed by atoms with Crippen molar-refractivity contribution in [2.24, 2.45) is 0 Å². The average molecular weight is 273 g/mol. The van der Waals surface area contributed by atoms with E-state index in [1.165, 1.54) is 5.56 Å². The molecule has 0 radical (unpaired) electrons. The zero-order valence-corrected chi connectivity index (χ0v) is 10.8. The Kier molecular flexibility index (Phi) is 5.12. The van der Waals surface area contributed by atoms with Crippen molar-refractivity contribution in [1.82, 2.24) is 0 Å². The van der Waals surface area contributed by atoms with Crippen LogP contribution in [0.15, 0.2) is 18.2 Å². The number of aliphatic hydroxyl groups is 1. The minimum absolute atomic E-state index is 0.355. The molecule has 0 amide bonds. The van der Waals surface area contributed by atoms with E-state index in [0.717, 1.165) is 17.7 Å². The number of ether oxygens (including phenoxy) is 1. The summed E-state index contributed by atoms with van der Waals surface area (Å²) < 4.78 is 5.31. The van der Waals surface area contributed by atoms with Gasteiger partial charge in [0.15, 0.2) is 0 Å². The second-order valence-corrected chi connectivity index (χ2v) is 4.16. The van der Waals surface area contributed by atoms with E-state index < -0.39 is 0 Å². The van der Waals surface area contributed by atoms with E-state index >= 15 is 0 Å². The number of hydrogen-bond acceptors (Lipinski definition) is 2. The standard InChI is InChI=1S/C12H17BrO2/c1-3-9-4-5-10(7-11(14)8-13)12(6-9)15-2/h4-6,11,14H,3,7-8H2,1-2H3/t11-/m1/s1. The van der Waals surface area contributed by atoms with E-state index in [9.17, 15) is 5.11 Å². The van der Waals surface area contributed by atoms with Crippen LogP contribution in [0.25, 0.3) is 0 Å². The Labute approximate surface area is 99.4 Å².